The van der Waals surface area contributed by atoms with Crippen molar-refractivity contribution in [3.05, 3.63) is 33.9 Å². The van der Waals surface area contributed by atoms with Crippen molar-refractivity contribution >= 4 is 33.2 Å². The molecule has 0 radical (unpaired) electrons. The maximum Gasteiger partial charge on any atom is 0.0924 e. The molecule has 5 heteroatoms. The molecule has 78 valence electrons. The predicted octanol–water partition coefficient (Wildman–Crippen LogP) is 3.09. The maximum atomic E-state index is 6.11. The number of hydrogen-bond acceptors (Lipinski definition) is 2. The molecule has 15 heavy (non-hydrogen) atoms. The van der Waals surface area contributed by atoms with Crippen molar-refractivity contribution in [3.8, 4) is 11.3 Å². The van der Waals surface area contributed by atoms with Crippen LogP contribution in [0.3, 0.4) is 0 Å². The first-order valence-electron chi connectivity index (χ1n) is 4.32. The summed E-state index contributed by atoms with van der Waals surface area (Å²) in [6.07, 6.45) is 1.62. The standard InChI is InChI=1S/C10H9BrClN3/c1-15-10(9(13)5-14-15)7-4-6(11)2-3-8(7)12/h2-5H,13H2,1H3. The predicted molar refractivity (Wildman–Crippen MR) is 65.8 cm³/mol. The van der Waals surface area contributed by atoms with Gasteiger partial charge in [-0.05, 0) is 18.2 Å². The lowest BCUT2D eigenvalue weighted by molar-refractivity contribution is 0.776. The molecule has 0 aliphatic carbocycles. The molecule has 1 heterocycles. The third-order valence-corrected chi connectivity index (χ3v) is 2.97. The Hall–Kier alpha value is -1.000. The van der Waals surface area contributed by atoms with Gasteiger partial charge in [0, 0.05) is 17.1 Å². The number of aromatic nitrogens is 2. The fraction of sp³-hybridized carbons (Fsp3) is 0.100. The number of nitrogens with zero attached hydrogens (tertiary/aromatic N) is 2. The van der Waals surface area contributed by atoms with E-state index in [2.05, 4.69) is 21.0 Å². The minimum absolute atomic E-state index is 0.623. The molecule has 1 aromatic carbocycles. The lowest BCUT2D eigenvalue weighted by atomic mass is 10.1. The Labute approximate surface area is 101 Å². The molecule has 0 amide bonds. The number of hydrogen-bond donors (Lipinski definition) is 1. The van der Waals surface area contributed by atoms with Gasteiger partial charge in [-0.25, -0.2) is 0 Å². The molecule has 2 aromatic rings. The van der Waals surface area contributed by atoms with Crippen LogP contribution in [-0.2, 0) is 7.05 Å². The fourth-order valence-electron chi connectivity index (χ4n) is 1.46. The van der Waals surface area contributed by atoms with E-state index in [4.69, 9.17) is 17.3 Å². The van der Waals surface area contributed by atoms with Gasteiger partial charge in [0.05, 0.1) is 22.6 Å². The molecule has 0 atom stereocenters. The second-order valence-corrected chi connectivity index (χ2v) is 4.52. The van der Waals surface area contributed by atoms with Crippen LogP contribution in [0.15, 0.2) is 28.9 Å². The molecule has 0 unspecified atom stereocenters. The van der Waals surface area contributed by atoms with Gasteiger partial charge >= 0.3 is 0 Å². The third-order valence-electron chi connectivity index (χ3n) is 2.15. The van der Waals surface area contributed by atoms with E-state index in [0.29, 0.717) is 10.7 Å². The first-order valence-corrected chi connectivity index (χ1v) is 5.49. The minimum Gasteiger partial charge on any atom is -0.396 e. The highest BCUT2D eigenvalue weighted by Crippen LogP contribution is 2.33. The highest BCUT2D eigenvalue weighted by atomic mass is 79.9. The molecule has 1 aromatic heterocycles. The van der Waals surface area contributed by atoms with Crippen molar-refractivity contribution in [2.24, 2.45) is 7.05 Å². The first kappa shape index (κ1) is 10.5. The summed E-state index contributed by atoms with van der Waals surface area (Å²) in [4.78, 5) is 0. The zero-order chi connectivity index (χ0) is 11.0. The average molecular weight is 287 g/mol. The lowest BCUT2D eigenvalue weighted by Crippen LogP contribution is -1.96. The molecule has 3 nitrogen and oxygen atoms in total. The van der Waals surface area contributed by atoms with Gasteiger partial charge in [0.15, 0.2) is 0 Å². The van der Waals surface area contributed by atoms with E-state index >= 15 is 0 Å². The lowest BCUT2D eigenvalue weighted by Gasteiger charge is -2.06. The van der Waals surface area contributed by atoms with Crippen LogP contribution in [0.5, 0.6) is 0 Å². The molecule has 0 fully saturated rings. The average Bonchev–Trinajstić information content (AvgIpc) is 2.51. The van der Waals surface area contributed by atoms with Crippen LogP contribution in [0.1, 0.15) is 0 Å². The quantitative estimate of drug-likeness (QED) is 0.875. The molecule has 0 saturated heterocycles. The smallest absolute Gasteiger partial charge is 0.0924 e. The van der Waals surface area contributed by atoms with E-state index in [1.165, 1.54) is 0 Å². The molecule has 0 saturated carbocycles. The van der Waals surface area contributed by atoms with Crippen LogP contribution in [0.4, 0.5) is 5.69 Å². The van der Waals surface area contributed by atoms with Crippen molar-refractivity contribution in [3.63, 3.8) is 0 Å². The van der Waals surface area contributed by atoms with Crippen LogP contribution >= 0.6 is 27.5 Å². The zero-order valence-electron chi connectivity index (χ0n) is 8.04. The summed E-state index contributed by atoms with van der Waals surface area (Å²) in [5, 5.41) is 4.74. The molecule has 0 aliphatic heterocycles. The van der Waals surface area contributed by atoms with Gasteiger partial charge in [-0.3, -0.25) is 4.68 Å². The topological polar surface area (TPSA) is 43.8 Å². The van der Waals surface area contributed by atoms with E-state index < -0.39 is 0 Å². The summed E-state index contributed by atoms with van der Waals surface area (Å²) in [7, 11) is 1.84. The Morgan fingerprint density at radius 2 is 2.20 bits per heavy atom. The number of nitrogen functional groups attached to an aromatic ring is 1. The first-order chi connectivity index (χ1) is 7.09. The van der Waals surface area contributed by atoms with Crippen molar-refractivity contribution in [1.82, 2.24) is 9.78 Å². The van der Waals surface area contributed by atoms with E-state index in [0.717, 1.165) is 15.7 Å². The van der Waals surface area contributed by atoms with Gasteiger partial charge in [0.1, 0.15) is 0 Å². The Bertz CT molecular complexity index is 488. The fourth-order valence-corrected chi connectivity index (χ4v) is 2.03. The summed E-state index contributed by atoms with van der Waals surface area (Å²) >= 11 is 9.52. The summed E-state index contributed by atoms with van der Waals surface area (Å²) in [6.45, 7) is 0. The van der Waals surface area contributed by atoms with Crippen LogP contribution in [0, 0.1) is 0 Å². The molecule has 2 rings (SSSR count). The van der Waals surface area contributed by atoms with Gasteiger partial charge in [-0.1, -0.05) is 27.5 Å². The highest BCUT2D eigenvalue weighted by molar-refractivity contribution is 9.10. The molecular formula is C10H9BrClN3. The second-order valence-electron chi connectivity index (χ2n) is 3.20. The number of aryl methyl sites for hydroxylation is 1. The molecular weight excluding hydrogens is 277 g/mol. The number of halogens is 2. The third kappa shape index (κ3) is 1.87. The monoisotopic (exact) mass is 285 g/mol. The number of benzene rings is 1. The van der Waals surface area contributed by atoms with Crippen LogP contribution in [0.25, 0.3) is 11.3 Å². The van der Waals surface area contributed by atoms with Crippen molar-refractivity contribution in [2.75, 3.05) is 5.73 Å². The van der Waals surface area contributed by atoms with Crippen LogP contribution < -0.4 is 5.73 Å². The normalized spacial score (nSPS) is 10.6. The Kier molecular flexibility index (Phi) is 2.71. The van der Waals surface area contributed by atoms with Gasteiger partial charge in [0.25, 0.3) is 0 Å². The Balaban J connectivity index is 2.68. The van der Waals surface area contributed by atoms with Gasteiger partial charge in [0.2, 0.25) is 0 Å². The van der Waals surface area contributed by atoms with Crippen molar-refractivity contribution in [1.29, 1.82) is 0 Å². The van der Waals surface area contributed by atoms with E-state index in [1.807, 2.05) is 25.2 Å². The number of rotatable bonds is 1. The van der Waals surface area contributed by atoms with E-state index in [9.17, 15) is 0 Å². The molecule has 0 aliphatic rings. The Morgan fingerprint density at radius 1 is 1.47 bits per heavy atom. The largest absolute Gasteiger partial charge is 0.396 e. The van der Waals surface area contributed by atoms with E-state index in [-0.39, 0.29) is 0 Å². The maximum absolute atomic E-state index is 6.11. The van der Waals surface area contributed by atoms with Gasteiger partial charge in [-0.2, -0.15) is 5.10 Å². The molecule has 0 spiro atoms. The van der Waals surface area contributed by atoms with Crippen LogP contribution in [0.2, 0.25) is 5.02 Å². The summed E-state index contributed by atoms with van der Waals surface area (Å²) in [6, 6.07) is 5.64. The SMILES string of the molecule is Cn1ncc(N)c1-c1cc(Br)ccc1Cl. The zero-order valence-corrected chi connectivity index (χ0v) is 10.4. The summed E-state index contributed by atoms with van der Waals surface area (Å²) < 4.78 is 2.67. The van der Waals surface area contributed by atoms with Crippen molar-refractivity contribution in [2.45, 2.75) is 0 Å². The van der Waals surface area contributed by atoms with E-state index in [1.54, 1.807) is 10.9 Å². The summed E-state index contributed by atoms with van der Waals surface area (Å²) in [5.74, 6) is 0. The molecule has 2 N–H and O–H groups in total. The Morgan fingerprint density at radius 3 is 2.80 bits per heavy atom. The van der Waals surface area contributed by atoms with Crippen molar-refractivity contribution < 1.29 is 0 Å². The number of anilines is 1. The molecule has 0 bridgehead atoms. The van der Waals surface area contributed by atoms with Crippen LogP contribution in [-0.4, -0.2) is 9.78 Å². The summed E-state index contributed by atoms with van der Waals surface area (Å²) in [5.41, 5.74) is 8.17. The van der Waals surface area contributed by atoms with Gasteiger partial charge < -0.3 is 5.73 Å². The van der Waals surface area contributed by atoms with Gasteiger partial charge in [-0.15, -0.1) is 0 Å². The number of nitrogens with two attached hydrogens (primary N) is 1. The highest BCUT2D eigenvalue weighted by Gasteiger charge is 2.11. The second kappa shape index (κ2) is 3.87. The minimum atomic E-state index is 0.623.